The number of methoxy groups -OCH3 is 1. The summed E-state index contributed by atoms with van der Waals surface area (Å²) in [5.41, 5.74) is 3.03. The molecule has 34 heavy (non-hydrogen) atoms. The molecule has 5 nitrogen and oxygen atoms in total. The summed E-state index contributed by atoms with van der Waals surface area (Å²) in [7, 11) is 1.33. The van der Waals surface area contributed by atoms with Crippen molar-refractivity contribution in [2.45, 2.75) is 26.3 Å². The lowest BCUT2D eigenvalue weighted by molar-refractivity contribution is 0.0600. The minimum Gasteiger partial charge on any atom is -0.465 e. The Kier molecular flexibility index (Phi) is 7.08. The van der Waals surface area contributed by atoms with Gasteiger partial charge < -0.3 is 4.74 Å². The van der Waals surface area contributed by atoms with Crippen LogP contribution in [-0.2, 0) is 11.3 Å². The topological polar surface area (TPSA) is 65.4 Å². The molecular formula is C28H24BrNO4. The number of halogens is 1. The molecule has 1 aromatic heterocycles. The Morgan fingerprint density at radius 3 is 2.29 bits per heavy atom. The molecule has 4 aromatic rings. The van der Waals surface area contributed by atoms with Gasteiger partial charge in [-0.3, -0.25) is 14.2 Å². The predicted octanol–water partition coefficient (Wildman–Crippen LogP) is 6.25. The van der Waals surface area contributed by atoms with E-state index in [0.29, 0.717) is 29.5 Å². The molecule has 0 aliphatic rings. The summed E-state index contributed by atoms with van der Waals surface area (Å²) in [6, 6.07) is 22.1. The van der Waals surface area contributed by atoms with E-state index < -0.39 is 5.97 Å². The fraction of sp³-hybridized carbons (Fsp3) is 0.179. The van der Waals surface area contributed by atoms with Gasteiger partial charge in [-0.15, -0.1) is 0 Å². The maximum atomic E-state index is 13.7. The zero-order chi connectivity index (χ0) is 24.2. The summed E-state index contributed by atoms with van der Waals surface area (Å²) in [5.74, 6) is -0.503. The van der Waals surface area contributed by atoms with E-state index in [2.05, 4.69) is 15.9 Å². The zero-order valence-electron chi connectivity index (χ0n) is 19.0. The number of carbonyl (C=O) groups excluding carboxylic acids is 2. The van der Waals surface area contributed by atoms with Crippen LogP contribution in [0.4, 0.5) is 0 Å². The van der Waals surface area contributed by atoms with Crippen LogP contribution in [-0.4, -0.2) is 23.4 Å². The Labute approximate surface area is 206 Å². The molecule has 0 atom stereocenters. The van der Waals surface area contributed by atoms with Gasteiger partial charge in [0.25, 0.3) is 5.56 Å². The van der Waals surface area contributed by atoms with E-state index in [0.717, 1.165) is 26.5 Å². The summed E-state index contributed by atoms with van der Waals surface area (Å²) in [4.78, 5) is 39.0. The highest BCUT2D eigenvalue weighted by molar-refractivity contribution is 9.10. The number of ketones is 1. The van der Waals surface area contributed by atoms with E-state index >= 15 is 0 Å². The van der Waals surface area contributed by atoms with Gasteiger partial charge in [-0.1, -0.05) is 65.3 Å². The normalized spacial score (nSPS) is 10.9. The van der Waals surface area contributed by atoms with Crippen molar-refractivity contribution < 1.29 is 14.3 Å². The molecule has 172 valence electrons. The monoisotopic (exact) mass is 517 g/mol. The molecule has 0 aliphatic heterocycles. The first-order valence-electron chi connectivity index (χ1n) is 11.1. The highest BCUT2D eigenvalue weighted by Gasteiger charge is 2.23. The molecule has 0 fully saturated rings. The first-order valence-corrected chi connectivity index (χ1v) is 11.9. The van der Waals surface area contributed by atoms with E-state index in [1.165, 1.54) is 7.11 Å². The van der Waals surface area contributed by atoms with Crippen molar-refractivity contribution in [2.24, 2.45) is 0 Å². The van der Waals surface area contributed by atoms with Crippen molar-refractivity contribution in [3.05, 3.63) is 104 Å². The van der Waals surface area contributed by atoms with Gasteiger partial charge in [0.15, 0.2) is 5.78 Å². The minimum atomic E-state index is -0.426. The van der Waals surface area contributed by atoms with Gasteiger partial charge in [-0.05, 0) is 53.3 Å². The third-order valence-electron chi connectivity index (χ3n) is 5.75. The van der Waals surface area contributed by atoms with Gasteiger partial charge in [0.2, 0.25) is 0 Å². The van der Waals surface area contributed by atoms with Gasteiger partial charge in [-0.2, -0.15) is 0 Å². The maximum absolute atomic E-state index is 13.7. The van der Waals surface area contributed by atoms with Crippen molar-refractivity contribution in [2.75, 3.05) is 7.11 Å². The highest BCUT2D eigenvalue weighted by atomic mass is 79.9. The first-order chi connectivity index (χ1) is 16.4. The summed E-state index contributed by atoms with van der Waals surface area (Å²) in [6.07, 6.45) is 1.01. The fourth-order valence-corrected chi connectivity index (χ4v) is 4.51. The van der Waals surface area contributed by atoms with Crippen molar-refractivity contribution in [3.8, 4) is 11.1 Å². The second-order valence-corrected chi connectivity index (χ2v) is 8.95. The fourth-order valence-electron chi connectivity index (χ4n) is 4.15. The highest BCUT2D eigenvalue weighted by Crippen LogP contribution is 2.33. The number of Topliss-reactive ketones (excluding diaryl/α,β-unsaturated/α-hetero) is 1. The number of nitrogens with zero attached hydrogens (tertiary/aromatic N) is 1. The van der Waals surface area contributed by atoms with Crippen LogP contribution in [0, 0.1) is 0 Å². The van der Waals surface area contributed by atoms with Crippen LogP contribution in [0.5, 0.6) is 0 Å². The Balaban J connectivity index is 2.00. The summed E-state index contributed by atoms with van der Waals surface area (Å²) >= 11 is 3.52. The largest absolute Gasteiger partial charge is 0.465 e. The van der Waals surface area contributed by atoms with Crippen LogP contribution in [0.2, 0.25) is 0 Å². The molecule has 1 heterocycles. The number of hydrogen-bond acceptors (Lipinski definition) is 4. The van der Waals surface area contributed by atoms with Crippen molar-refractivity contribution in [1.29, 1.82) is 0 Å². The second-order valence-electron chi connectivity index (χ2n) is 8.03. The first kappa shape index (κ1) is 23.6. The molecule has 0 unspecified atom stereocenters. The number of carbonyl (C=O) groups is 2. The van der Waals surface area contributed by atoms with E-state index in [1.54, 1.807) is 34.9 Å². The van der Waals surface area contributed by atoms with Crippen LogP contribution < -0.4 is 5.56 Å². The Hall–Kier alpha value is -3.51. The van der Waals surface area contributed by atoms with Crippen LogP contribution >= 0.6 is 15.9 Å². The SMILES string of the molecule is CCCC(=O)c1c(-c2ccccc2)c2cc(Br)ccc2c(=O)n1Cc1ccc(C(=O)OC)cc1. The molecule has 0 spiro atoms. The molecule has 0 saturated carbocycles. The quantitative estimate of drug-likeness (QED) is 0.214. The average molecular weight is 518 g/mol. The lowest BCUT2D eigenvalue weighted by atomic mass is 9.93. The molecule has 0 amide bonds. The van der Waals surface area contributed by atoms with Gasteiger partial charge in [0.05, 0.1) is 24.9 Å². The van der Waals surface area contributed by atoms with E-state index in [4.69, 9.17) is 4.74 Å². The van der Waals surface area contributed by atoms with E-state index in [-0.39, 0.29) is 17.9 Å². The van der Waals surface area contributed by atoms with Crippen molar-refractivity contribution >= 4 is 38.5 Å². The summed E-state index contributed by atoms with van der Waals surface area (Å²) in [6.45, 7) is 2.16. The number of esters is 1. The maximum Gasteiger partial charge on any atom is 0.337 e. The standard InChI is InChI=1S/C28H24BrNO4/c1-3-7-24(31)26-25(19-8-5-4-6-9-19)23-16-21(29)14-15-22(23)27(32)30(26)17-18-10-12-20(13-11-18)28(33)34-2/h4-6,8-16H,3,7,17H2,1-2H3. The Morgan fingerprint density at radius 1 is 0.941 bits per heavy atom. The Morgan fingerprint density at radius 2 is 1.65 bits per heavy atom. The average Bonchev–Trinajstić information content (AvgIpc) is 2.86. The minimum absolute atomic E-state index is 0.0773. The van der Waals surface area contributed by atoms with Crippen LogP contribution in [0.3, 0.4) is 0 Å². The lowest BCUT2D eigenvalue weighted by Crippen LogP contribution is -2.28. The zero-order valence-corrected chi connectivity index (χ0v) is 20.6. The summed E-state index contributed by atoms with van der Waals surface area (Å²) < 4.78 is 7.18. The number of pyridine rings is 1. The van der Waals surface area contributed by atoms with Gasteiger partial charge in [-0.25, -0.2) is 4.79 Å². The smallest absolute Gasteiger partial charge is 0.337 e. The number of ether oxygens (including phenoxy) is 1. The van der Waals surface area contributed by atoms with Crippen LogP contribution in [0.15, 0.2) is 82.1 Å². The molecule has 4 rings (SSSR count). The summed E-state index contributed by atoms with van der Waals surface area (Å²) in [5, 5.41) is 1.28. The molecule has 0 saturated heterocycles. The van der Waals surface area contributed by atoms with Gasteiger partial charge >= 0.3 is 5.97 Å². The van der Waals surface area contributed by atoms with E-state index in [9.17, 15) is 14.4 Å². The Bertz CT molecular complexity index is 1420. The van der Waals surface area contributed by atoms with Gasteiger partial charge in [0, 0.05) is 21.8 Å². The van der Waals surface area contributed by atoms with Crippen LogP contribution in [0.25, 0.3) is 21.9 Å². The second kappa shape index (κ2) is 10.2. The molecule has 0 N–H and O–H groups in total. The van der Waals surface area contributed by atoms with Crippen molar-refractivity contribution in [3.63, 3.8) is 0 Å². The number of fused-ring (bicyclic) bond motifs is 1. The number of rotatable bonds is 7. The third-order valence-corrected chi connectivity index (χ3v) is 6.25. The molecule has 3 aromatic carbocycles. The van der Waals surface area contributed by atoms with E-state index in [1.807, 2.05) is 49.4 Å². The number of benzene rings is 3. The molecule has 0 aliphatic carbocycles. The lowest BCUT2D eigenvalue weighted by Gasteiger charge is -2.20. The predicted molar refractivity (Wildman–Crippen MR) is 137 cm³/mol. The van der Waals surface area contributed by atoms with Gasteiger partial charge in [0.1, 0.15) is 0 Å². The molecular weight excluding hydrogens is 494 g/mol. The van der Waals surface area contributed by atoms with Crippen LogP contribution in [0.1, 0.15) is 46.2 Å². The third kappa shape index (κ3) is 4.59. The molecule has 6 heteroatoms. The molecule has 0 bridgehead atoms. The molecule has 0 radical (unpaired) electrons. The van der Waals surface area contributed by atoms with Crippen molar-refractivity contribution in [1.82, 2.24) is 4.57 Å². The number of hydrogen-bond donors (Lipinski definition) is 0. The number of aromatic nitrogens is 1.